The van der Waals surface area contributed by atoms with E-state index in [1.807, 2.05) is 0 Å². The van der Waals surface area contributed by atoms with Crippen LogP contribution in [0.25, 0.3) is 0 Å². The lowest BCUT2D eigenvalue weighted by molar-refractivity contribution is 0.357. The molecule has 0 radical (unpaired) electrons. The van der Waals surface area contributed by atoms with Gasteiger partial charge < -0.3 is 9.64 Å². The monoisotopic (exact) mass is 347 g/mol. The summed E-state index contributed by atoms with van der Waals surface area (Å²) in [5.41, 5.74) is 3.73. The normalized spacial score (nSPS) is 12.0. The maximum absolute atomic E-state index is 6.00. The summed E-state index contributed by atoms with van der Waals surface area (Å²) in [6, 6.07) is 4.36. The molecule has 0 N–H and O–H groups in total. The number of hydrogen-bond acceptors (Lipinski definition) is 5. The minimum Gasteiger partial charge on any atom is -0.430 e. The summed E-state index contributed by atoms with van der Waals surface area (Å²) < 4.78 is 10.4. The van der Waals surface area contributed by atoms with Gasteiger partial charge >= 0.3 is 0 Å². The smallest absolute Gasteiger partial charge is 0.298 e. The fourth-order valence-electron chi connectivity index (χ4n) is 2.35. The third-order valence-electron chi connectivity index (χ3n) is 4.21. The highest BCUT2D eigenvalue weighted by Crippen LogP contribution is 2.31. The van der Waals surface area contributed by atoms with Gasteiger partial charge in [-0.25, -0.2) is 0 Å². The molecule has 0 amide bonds. The lowest BCUT2D eigenvalue weighted by Crippen LogP contribution is -2.20. The SMILES string of the molecule is CCN(C)CCc1cc(C)c(Oc2nc(C(C)(C)C)ns2)cc1C. The number of nitrogens with zero attached hydrogens (tertiary/aromatic N) is 3. The van der Waals surface area contributed by atoms with E-state index >= 15 is 0 Å². The van der Waals surface area contributed by atoms with Crippen LogP contribution in [-0.2, 0) is 11.8 Å². The van der Waals surface area contributed by atoms with Crippen molar-refractivity contribution in [2.24, 2.45) is 0 Å². The second-order valence-electron chi connectivity index (χ2n) is 7.43. The summed E-state index contributed by atoms with van der Waals surface area (Å²) >= 11 is 1.32. The Labute approximate surface area is 150 Å². The first-order valence-electron chi connectivity index (χ1n) is 8.51. The second-order valence-corrected chi connectivity index (χ2v) is 8.14. The standard InChI is InChI=1S/C19H29N3OS/c1-8-22(7)10-9-15-11-14(3)16(12-13(15)2)23-18-20-17(21-24-18)19(4,5)6/h11-12H,8-10H2,1-7H3. The van der Waals surface area contributed by atoms with E-state index in [0.717, 1.165) is 36.6 Å². The van der Waals surface area contributed by atoms with E-state index in [4.69, 9.17) is 4.74 Å². The first-order valence-corrected chi connectivity index (χ1v) is 9.28. The van der Waals surface area contributed by atoms with Crippen molar-refractivity contribution in [3.05, 3.63) is 34.6 Å². The highest BCUT2D eigenvalue weighted by molar-refractivity contribution is 7.07. The number of rotatable bonds is 6. The van der Waals surface area contributed by atoms with E-state index in [0.29, 0.717) is 5.19 Å². The van der Waals surface area contributed by atoms with E-state index in [1.54, 1.807) is 0 Å². The number of likely N-dealkylation sites (N-methyl/N-ethyl adjacent to an activating group) is 1. The predicted octanol–water partition coefficient (Wildman–Crippen LogP) is 4.74. The minimum atomic E-state index is -0.0573. The highest BCUT2D eigenvalue weighted by Gasteiger charge is 2.20. The summed E-state index contributed by atoms with van der Waals surface area (Å²) in [6.07, 6.45) is 1.06. The van der Waals surface area contributed by atoms with Crippen LogP contribution in [0, 0.1) is 13.8 Å². The molecule has 0 fully saturated rings. The van der Waals surface area contributed by atoms with Crippen LogP contribution in [0.1, 0.15) is 50.2 Å². The number of aromatic nitrogens is 2. The highest BCUT2D eigenvalue weighted by atomic mass is 32.1. The Morgan fingerprint density at radius 1 is 1.17 bits per heavy atom. The Morgan fingerprint density at radius 3 is 2.46 bits per heavy atom. The van der Waals surface area contributed by atoms with Gasteiger partial charge in [0.25, 0.3) is 5.19 Å². The third kappa shape index (κ3) is 4.77. The van der Waals surface area contributed by atoms with Gasteiger partial charge in [-0.05, 0) is 56.6 Å². The molecule has 1 aromatic heterocycles. The summed E-state index contributed by atoms with van der Waals surface area (Å²) in [6.45, 7) is 14.9. The van der Waals surface area contributed by atoms with Gasteiger partial charge in [-0.1, -0.05) is 33.8 Å². The van der Waals surface area contributed by atoms with Gasteiger partial charge in [0.2, 0.25) is 0 Å². The predicted molar refractivity (Wildman–Crippen MR) is 101 cm³/mol. The molecule has 0 bridgehead atoms. The van der Waals surface area contributed by atoms with Crippen molar-refractivity contribution < 1.29 is 4.74 Å². The molecule has 132 valence electrons. The van der Waals surface area contributed by atoms with Gasteiger partial charge in [-0.3, -0.25) is 0 Å². The summed E-state index contributed by atoms with van der Waals surface area (Å²) in [4.78, 5) is 6.85. The van der Waals surface area contributed by atoms with Crippen LogP contribution in [-0.4, -0.2) is 34.4 Å². The van der Waals surface area contributed by atoms with Crippen LogP contribution in [0.2, 0.25) is 0 Å². The van der Waals surface area contributed by atoms with Crippen LogP contribution in [0.3, 0.4) is 0 Å². The van der Waals surface area contributed by atoms with Gasteiger partial charge in [-0.2, -0.15) is 9.36 Å². The molecule has 0 aliphatic rings. The first kappa shape index (κ1) is 18.9. The summed E-state index contributed by atoms with van der Waals surface area (Å²) in [7, 11) is 2.15. The maximum atomic E-state index is 6.00. The van der Waals surface area contributed by atoms with Crippen LogP contribution >= 0.6 is 11.5 Å². The Balaban J connectivity index is 2.14. The summed E-state index contributed by atoms with van der Waals surface area (Å²) in [5, 5.41) is 0.612. The lowest BCUT2D eigenvalue weighted by Gasteiger charge is -2.16. The number of ether oxygens (including phenoxy) is 1. The van der Waals surface area contributed by atoms with Gasteiger partial charge in [0.15, 0.2) is 5.82 Å². The second kappa shape index (κ2) is 7.62. The van der Waals surface area contributed by atoms with Crippen molar-refractivity contribution in [3.63, 3.8) is 0 Å². The average molecular weight is 348 g/mol. The Hall–Kier alpha value is -1.46. The van der Waals surface area contributed by atoms with E-state index < -0.39 is 0 Å². The van der Waals surface area contributed by atoms with Gasteiger partial charge in [0.1, 0.15) is 5.75 Å². The van der Waals surface area contributed by atoms with E-state index in [1.165, 1.54) is 22.7 Å². The Bertz CT molecular complexity index is 688. The summed E-state index contributed by atoms with van der Waals surface area (Å²) in [5.74, 6) is 1.70. The molecule has 0 spiro atoms. The largest absolute Gasteiger partial charge is 0.430 e. The van der Waals surface area contributed by atoms with Crippen molar-refractivity contribution in [2.75, 3.05) is 20.1 Å². The average Bonchev–Trinajstić information content (AvgIpc) is 2.97. The van der Waals surface area contributed by atoms with Crippen LogP contribution < -0.4 is 4.74 Å². The number of aryl methyl sites for hydroxylation is 2. The molecule has 0 aliphatic carbocycles. The van der Waals surface area contributed by atoms with Crippen LogP contribution in [0.5, 0.6) is 10.9 Å². The maximum Gasteiger partial charge on any atom is 0.298 e. The quantitative estimate of drug-likeness (QED) is 0.756. The Kier molecular flexibility index (Phi) is 5.99. The molecule has 4 nitrogen and oxygen atoms in total. The Morgan fingerprint density at radius 2 is 1.88 bits per heavy atom. The van der Waals surface area contributed by atoms with Crippen LogP contribution in [0.15, 0.2) is 12.1 Å². The topological polar surface area (TPSA) is 38.2 Å². The molecule has 1 heterocycles. The van der Waals surface area contributed by atoms with Gasteiger partial charge in [-0.15, -0.1) is 0 Å². The van der Waals surface area contributed by atoms with E-state index in [2.05, 4.69) is 75.0 Å². The van der Waals surface area contributed by atoms with Crippen molar-refractivity contribution in [3.8, 4) is 10.9 Å². The molecule has 0 unspecified atom stereocenters. The molecule has 2 aromatic rings. The molecule has 0 saturated heterocycles. The molecule has 0 saturated carbocycles. The van der Waals surface area contributed by atoms with E-state index in [9.17, 15) is 0 Å². The fourth-order valence-corrected chi connectivity index (χ4v) is 3.08. The fraction of sp³-hybridized carbons (Fsp3) is 0.579. The van der Waals surface area contributed by atoms with Crippen molar-refractivity contribution in [1.29, 1.82) is 0 Å². The minimum absolute atomic E-state index is 0.0573. The molecular weight excluding hydrogens is 318 g/mol. The molecule has 5 heteroatoms. The van der Waals surface area contributed by atoms with Crippen molar-refractivity contribution >= 4 is 11.5 Å². The zero-order valence-electron chi connectivity index (χ0n) is 15.9. The van der Waals surface area contributed by atoms with Crippen LogP contribution in [0.4, 0.5) is 0 Å². The zero-order valence-corrected chi connectivity index (χ0v) is 16.8. The lowest BCUT2D eigenvalue weighted by atomic mass is 9.96. The number of hydrogen-bond donors (Lipinski definition) is 0. The van der Waals surface area contributed by atoms with Crippen molar-refractivity contribution in [2.45, 2.75) is 53.4 Å². The van der Waals surface area contributed by atoms with Gasteiger partial charge in [0, 0.05) is 23.5 Å². The molecular formula is C19H29N3OS. The van der Waals surface area contributed by atoms with Crippen molar-refractivity contribution in [1.82, 2.24) is 14.3 Å². The molecule has 1 aromatic carbocycles. The zero-order chi connectivity index (χ0) is 17.9. The molecule has 0 atom stereocenters. The molecule has 24 heavy (non-hydrogen) atoms. The number of benzene rings is 1. The first-order chi connectivity index (χ1) is 11.2. The third-order valence-corrected chi connectivity index (χ3v) is 4.81. The molecule has 0 aliphatic heterocycles. The molecule has 2 rings (SSSR count). The van der Waals surface area contributed by atoms with E-state index in [-0.39, 0.29) is 5.41 Å². The van der Waals surface area contributed by atoms with Gasteiger partial charge in [0.05, 0.1) is 0 Å².